The zero-order valence-corrected chi connectivity index (χ0v) is 21.1. The van der Waals surface area contributed by atoms with Crippen molar-refractivity contribution in [2.24, 2.45) is 11.8 Å². The lowest BCUT2D eigenvalue weighted by atomic mass is 9.78. The highest BCUT2D eigenvalue weighted by Gasteiger charge is 2.33. The van der Waals surface area contributed by atoms with Crippen LogP contribution in [0.5, 0.6) is 5.75 Å². The van der Waals surface area contributed by atoms with Crippen LogP contribution in [0, 0.1) is 35.1 Å². The highest BCUT2D eigenvalue weighted by Crippen LogP contribution is 2.47. The molecule has 2 aliphatic rings. The van der Waals surface area contributed by atoms with E-state index < -0.39 is 23.3 Å². The van der Waals surface area contributed by atoms with Crippen LogP contribution >= 0.6 is 23.5 Å². The third-order valence-corrected chi connectivity index (χ3v) is 10.2. The number of rotatable bonds is 6. The smallest absolute Gasteiger partial charge is 0.201 e. The van der Waals surface area contributed by atoms with E-state index in [9.17, 15) is 8.78 Å². The highest BCUT2D eigenvalue weighted by atomic mass is 32.2. The van der Waals surface area contributed by atoms with E-state index in [0.29, 0.717) is 22.0 Å². The Morgan fingerprint density at radius 1 is 0.853 bits per heavy atom. The minimum Gasteiger partial charge on any atom is -0.491 e. The Morgan fingerprint density at radius 2 is 1.47 bits per heavy atom. The largest absolute Gasteiger partial charge is 0.491 e. The van der Waals surface area contributed by atoms with Crippen LogP contribution in [0.25, 0.3) is 11.1 Å². The van der Waals surface area contributed by atoms with Crippen LogP contribution < -0.4 is 4.74 Å². The second-order valence-electron chi connectivity index (χ2n) is 8.94. The van der Waals surface area contributed by atoms with E-state index in [-0.39, 0.29) is 29.4 Å². The van der Waals surface area contributed by atoms with Gasteiger partial charge in [-0.15, -0.1) is 23.5 Å². The van der Waals surface area contributed by atoms with Crippen molar-refractivity contribution in [2.75, 3.05) is 18.1 Å². The molecule has 0 spiro atoms. The second-order valence-corrected chi connectivity index (χ2v) is 11.6. The van der Waals surface area contributed by atoms with Gasteiger partial charge >= 0.3 is 0 Å². The van der Waals surface area contributed by atoms with Crippen molar-refractivity contribution < 1.29 is 22.3 Å². The van der Waals surface area contributed by atoms with Crippen LogP contribution in [0.2, 0.25) is 0 Å². The quantitative estimate of drug-likeness (QED) is 0.284. The molecule has 0 aromatic heterocycles. The number of ether oxygens (including phenoxy) is 1. The molecule has 2 aromatic rings. The SMILES string of the molecule is C/C=C/C1CSC(C2CCC(c3ccc(-c4ccc(OCC)c(F)c4F)c(F)c3F)CC2)SC1. The summed E-state index contributed by atoms with van der Waals surface area (Å²) in [6.07, 6.45) is 8.00. The maximum atomic E-state index is 15.1. The molecule has 1 saturated heterocycles. The monoisotopic (exact) mass is 510 g/mol. The fraction of sp³-hybridized carbons (Fsp3) is 0.481. The molecule has 0 radical (unpaired) electrons. The van der Waals surface area contributed by atoms with E-state index in [1.807, 2.05) is 23.5 Å². The number of benzene rings is 2. The maximum absolute atomic E-state index is 15.1. The lowest BCUT2D eigenvalue weighted by molar-refractivity contribution is 0.314. The summed E-state index contributed by atoms with van der Waals surface area (Å²) in [5.74, 6) is -1.31. The van der Waals surface area contributed by atoms with Crippen molar-refractivity contribution in [3.8, 4) is 16.9 Å². The van der Waals surface area contributed by atoms with Gasteiger partial charge in [0.15, 0.2) is 23.2 Å². The summed E-state index contributed by atoms with van der Waals surface area (Å²) in [5.41, 5.74) is -0.251. The van der Waals surface area contributed by atoms with Crippen molar-refractivity contribution in [2.45, 2.75) is 50.0 Å². The Balaban J connectivity index is 1.45. The first-order valence-corrected chi connectivity index (χ1v) is 14.0. The van der Waals surface area contributed by atoms with E-state index in [1.54, 1.807) is 13.0 Å². The molecular formula is C27H30F4OS2. The zero-order chi connectivity index (χ0) is 24.2. The Kier molecular flexibility index (Phi) is 8.57. The van der Waals surface area contributed by atoms with Crippen LogP contribution in [0.1, 0.15) is 51.0 Å². The van der Waals surface area contributed by atoms with Gasteiger partial charge in [0.05, 0.1) is 11.2 Å². The first-order valence-electron chi connectivity index (χ1n) is 11.9. The maximum Gasteiger partial charge on any atom is 0.201 e. The summed E-state index contributed by atoms with van der Waals surface area (Å²) in [4.78, 5) is 0. The van der Waals surface area contributed by atoms with Crippen molar-refractivity contribution in [1.82, 2.24) is 0 Å². The van der Waals surface area contributed by atoms with Crippen LogP contribution in [0.3, 0.4) is 0 Å². The van der Waals surface area contributed by atoms with E-state index in [0.717, 1.165) is 37.2 Å². The molecule has 7 heteroatoms. The fourth-order valence-electron chi connectivity index (χ4n) is 4.99. The molecule has 4 rings (SSSR count). The van der Waals surface area contributed by atoms with Crippen LogP contribution in [0.15, 0.2) is 36.4 Å². The summed E-state index contributed by atoms with van der Waals surface area (Å²) in [6, 6.07) is 5.38. The molecule has 2 aromatic carbocycles. The summed E-state index contributed by atoms with van der Waals surface area (Å²) in [6.45, 7) is 3.88. The van der Waals surface area contributed by atoms with Crippen molar-refractivity contribution in [3.05, 3.63) is 65.2 Å². The summed E-state index contributed by atoms with van der Waals surface area (Å²) >= 11 is 4.06. The molecule has 1 heterocycles. The average molecular weight is 511 g/mol. The third kappa shape index (κ3) is 5.30. The minimum absolute atomic E-state index is 0.0592. The Bertz CT molecular complexity index is 1030. The van der Waals surface area contributed by atoms with Gasteiger partial charge in [0.1, 0.15) is 0 Å². The number of thioether (sulfide) groups is 2. The predicted octanol–water partition coefficient (Wildman–Crippen LogP) is 8.58. The van der Waals surface area contributed by atoms with Crippen LogP contribution in [0.4, 0.5) is 17.6 Å². The van der Waals surface area contributed by atoms with E-state index in [2.05, 4.69) is 19.1 Å². The molecule has 34 heavy (non-hydrogen) atoms. The normalized spacial score (nSPS) is 25.6. The van der Waals surface area contributed by atoms with Gasteiger partial charge in [-0.2, -0.15) is 4.39 Å². The lowest BCUT2D eigenvalue weighted by Crippen LogP contribution is -2.26. The minimum atomic E-state index is -1.24. The topological polar surface area (TPSA) is 9.23 Å². The first kappa shape index (κ1) is 25.5. The van der Waals surface area contributed by atoms with Gasteiger partial charge in [-0.1, -0.05) is 24.3 Å². The standard InChI is InChI=1S/C27H30F4OS2/c1-3-5-16-14-33-27(34-15-16)18-8-6-17(7-9-18)19-10-11-20(24(29)23(19)28)21-12-13-22(32-4-2)26(31)25(21)30/h3,5,10-13,16-18,27H,4,6-9,14-15H2,1-2H3/b5-3+. The van der Waals surface area contributed by atoms with Crippen molar-refractivity contribution in [1.29, 1.82) is 0 Å². The molecule has 184 valence electrons. The number of hydrogen-bond acceptors (Lipinski definition) is 3. The average Bonchev–Trinajstić information content (AvgIpc) is 2.85. The molecule has 1 aliphatic carbocycles. The first-order chi connectivity index (χ1) is 16.4. The predicted molar refractivity (Wildman–Crippen MR) is 135 cm³/mol. The molecule has 2 fully saturated rings. The third-order valence-electron chi connectivity index (χ3n) is 6.76. The summed E-state index contributed by atoms with van der Waals surface area (Å²) < 4.78 is 64.6. The highest BCUT2D eigenvalue weighted by molar-refractivity contribution is 8.17. The molecule has 0 N–H and O–H groups in total. The van der Waals surface area contributed by atoms with Gasteiger partial charge < -0.3 is 4.74 Å². The number of halogens is 4. The van der Waals surface area contributed by atoms with Gasteiger partial charge in [-0.05, 0) is 75.0 Å². The van der Waals surface area contributed by atoms with E-state index in [1.165, 1.54) is 18.2 Å². The fourth-order valence-corrected chi connectivity index (χ4v) is 8.41. The molecule has 1 aliphatic heterocycles. The molecular weight excluding hydrogens is 480 g/mol. The molecule has 1 nitrogen and oxygen atoms in total. The van der Waals surface area contributed by atoms with Crippen molar-refractivity contribution >= 4 is 23.5 Å². The van der Waals surface area contributed by atoms with Gasteiger partial charge in [-0.25, -0.2) is 13.2 Å². The van der Waals surface area contributed by atoms with Gasteiger partial charge in [0.2, 0.25) is 5.82 Å². The summed E-state index contributed by atoms with van der Waals surface area (Å²) in [5, 5.41) is 0. The molecule has 0 atom stereocenters. The molecule has 1 saturated carbocycles. The Hall–Kier alpha value is -1.60. The Morgan fingerprint density at radius 3 is 2.09 bits per heavy atom. The molecule has 0 unspecified atom stereocenters. The van der Waals surface area contributed by atoms with Crippen LogP contribution in [-0.4, -0.2) is 22.7 Å². The van der Waals surface area contributed by atoms with Crippen LogP contribution in [-0.2, 0) is 0 Å². The zero-order valence-electron chi connectivity index (χ0n) is 19.5. The van der Waals surface area contributed by atoms with E-state index in [4.69, 9.17) is 4.74 Å². The number of hydrogen-bond donors (Lipinski definition) is 0. The van der Waals surface area contributed by atoms with Gasteiger partial charge in [0.25, 0.3) is 0 Å². The number of allylic oxidation sites excluding steroid dienone is 2. The molecule has 0 bridgehead atoms. The van der Waals surface area contributed by atoms with Gasteiger partial charge in [0, 0.05) is 22.6 Å². The summed E-state index contributed by atoms with van der Waals surface area (Å²) in [7, 11) is 0. The molecule has 0 amide bonds. The van der Waals surface area contributed by atoms with Crippen molar-refractivity contribution in [3.63, 3.8) is 0 Å². The second kappa shape index (κ2) is 11.4. The van der Waals surface area contributed by atoms with Gasteiger partial charge in [-0.3, -0.25) is 0 Å². The lowest BCUT2D eigenvalue weighted by Gasteiger charge is -2.36. The van der Waals surface area contributed by atoms with E-state index >= 15 is 8.78 Å². The Labute approximate surface area is 207 Å².